The van der Waals surface area contributed by atoms with Gasteiger partial charge in [0.25, 0.3) is 0 Å². The summed E-state index contributed by atoms with van der Waals surface area (Å²) < 4.78 is 0. The number of nitrogens with zero attached hydrogens (tertiary/aromatic N) is 4. The maximum absolute atomic E-state index is 12.9. The van der Waals surface area contributed by atoms with Crippen LogP contribution in [0.5, 0.6) is 0 Å². The zero-order valence-electron chi connectivity index (χ0n) is 18.8. The van der Waals surface area contributed by atoms with Gasteiger partial charge in [-0.05, 0) is 42.7 Å². The summed E-state index contributed by atoms with van der Waals surface area (Å²) in [6, 6.07) is 14.3. The van der Waals surface area contributed by atoms with Crippen molar-refractivity contribution in [3.63, 3.8) is 0 Å². The molecule has 0 unspecified atom stereocenters. The third kappa shape index (κ3) is 6.41. The van der Waals surface area contributed by atoms with Gasteiger partial charge in [0.1, 0.15) is 5.82 Å². The summed E-state index contributed by atoms with van der Waals surface area (Å²) in [4.78, 5) is 23.5. The summed E-state index contributed by atoms with van der Waals surface area (Å²) in [5, 5.41) is 0. The lowest BCUT2D eigenvalue weighted by atomic mass is 10.0. The van der Waals surface area contributed by atoms with Gasteiger partial charge < -0.3 is 14.7 Å². The van der Waals surface area contributed by atoms with Crippen LogP contribution in [0.15, 0.2) is 67.0 Å². The van der Waals surface area contributed by atoms with Crippen molar-refractivity contribution in [3.05, 3.63) is 78.1 Å². The van der Waals surface area contributed by atoms with Crippen LogP contribution in [-0.4, -0.2) is 60.5 Å². The summed E-state index contributed by atoms with van der Waals surface area (Å²) in [5.74, 6) is 1.14. The Kier molecular flexibility index (Phi) is 8.79. The fraction of sp³-hybridized carbons (Fsp3) is 0.360. The molecule has 0 radical (unpaired) electrons. The van der Waals surface area contributed by atoms with Gasteiger partial charge in [-0.2, -0.15) is 0 Å². The normalized spacial score (nSPS) is 14.1. The van der Waals surface area contributed by atoms with Gasteiger partial charge in [-0.25, -0.2) is 4.98 Å². The van der Waals surface area contributed by atoms with Gasteiger partial charge in [-0.3, -0.25) is 9.50 Å². The SMILES string of the molecule is C=C(/C=C(/CC)N(C)CC(=O)N1CCN(c2ccccn2)CC1)c1ccc(C)cc1.F. The number of allylic oxidation sites excluding steroid dienone is 3. The number of likely N-dealkylation sites (N-methyl/N-ethyl adjacent to an activating group) is 1. The van der Waals surface area contributed by atoms with Gasteiger partial charge in [0, 0.05) is 45.1 Å². The van der Waals surface area contributed by atoms with Gasteiger partial charge in [-0.15, -0.1) is 0 Å². The summed E-state index contributed by atoms with van der Waals surface area (Å²) in [6.45, 7) is 11.9. The summed E-state index contributed by atoms with van der Waals surface area (Å²) in [7, 11) is 1.99. The summed E-state index contributed by atoms with van der Waals surface area (Å²) in [5.41, 5.74) is 4.42. The Morgan fingerprint density at radius 1 is 1.13 bits per heavy atom. The van der Waals surface area contributed by atoms with Crippen molar-refractivity contribution in [1.82, 2.24) is 14.8 Å². The van der Waals surface area contributed by atoms with Gasteiger partial charge in [0.2, 0.25) is 5.91 Å². The van der Waals surface area contributed by atoms with Crippen molar-refractivity contribution < 1.29 is 9.50 Å². The Morgan fingerprint density at radius 3 is 2.39 bits per heavy atom. The number of hydrogen-bond acceptors (Lipinski definition) is 4. The number of rotatable bonds is 7. The molecular weight excluding hydrogens is 391 g/mol. The number of carbonyl (C=O) groups is 1. The van der Waals surface area contributed by atoms with E-state index in [1.807, 2.05) is 41.2 Å². The fourth-order valence-electron chi connectivity index (χ4n) is 3.66. The fourth-order valence-corrected chi connectivity index (χ4v) is 3.66. The van der Waals surface area contributed by atoms with Crippen LogP contribution < -0.4 is 4.90 Å². The maximum atomic E-state index is 12.9. The van der Waals surface area contributed by atoms with Gasteiger partial charge in [0.15, 0.2) is 0 Å². The first-order valence-electron chi connectivity index (χ1n) is 10.6. The second-order valence-corrected chi connectivity index (χ2v) is 7.79. The van der Waals surface area contributed by atoms with Crippen molar-refractivity contribution >= 4 is 17.3 Å². The average molecular weight is 425 g/mol. The first-order chi connectivity index (χ1) is 14.5. The molecule has 0 saturated carbocycles. The molecule has 5 nitrogen and oxygen atoms in total. The van der Waals surface area contributed by atoms with Crippen LogP contribution in [0, 0.1) is 6.92 Å². The molecule has 2 aromatic rings. The van der Waals surface area contributed by atoms with Crippen molar-refractivity contribution in [2.45, 2.75) is 20.3 Å². The predicted octanol–water partition coefficient (Wildman–Crippen LogP) is 4.13. The molecule has 3 rings (SSSR count). The highest BCUT2D eigenvalue weighted by Gasteiger charge is 2.22. The first-order valence-corrected chi connectivity index (χ1v) is 10.6. The number of halogens is 1. The molecule has 0 atom stereocenters. The predicted molar refractivity (Wildman–Crippen MR) is 127 cm³/mol. The molecule has 6 heteroatoms. The molecule has 1 aliphatic rings. The molecule has 166 valence electrons. The maximum Gasteiger partial charge on any atom is 0.242 e. The molecule has 0 spiro atoms. The number of amides is 1. The van der Waals surface area contributed by atoms with Crippen molar-refractivity contribution in [1.29, 1.82) is 0 Å². The third-order valence-corrected chi connectivity index (χ3v) is 5.59. The lowest BCUT2D eigenvalue weighted by Gasteiger charge is -2.36. The standard InChI is InChI=1S/C25H32N4O.FH/c1-5-23(18-21(3)22-11-9-20(2)10-12-22)27(4)19-25(30)29-16-14-28(15-17-29)24-8-6-7-13-26-24;/h6-13,18H,3,5,14-17,19H2,1-2,4H3;1H/b23-18-;. The van der Waals surface area contributed by atoms with E-state index in [2.05, 4.69) is 60.7 Å². The average Bonchev–Trinajstić information content (AvgIpc) is 2.78. The molecule has 0 bridgehead atoms. The smallest absolute Gasteiger partial charge is 0.242 e. The number of hydrogen-bond donors (Lipinski definition) is 0. The minimum absolute atomic E-state index is 0. The monoisotopic (exact) mass is 424 g/mol. The van der Waals surface area contributed by atoms with E-state index in [-0.39, 0.29) is 10.6 Å². The number of pyridine rings is 1. The molecule has 1 aromatic heterocycles. The molecular formula is C25H33FN4O. The van der Waals surface area contributed by atoms with E-state index in [4.69, 9.17) is 0 Å². The molecule has 1 aliphatic heterocycles. The van der Waals surface area contributed by atoms with Crippen LogP contribution in [0.25, 0.3) is 5.57 Å². The van der Waals surface area contributed by atoms with E-state index in [1.54, 1.807) is 0 Å². The number of benzene rings is 1. The van der Waals surface area contributed by atoms with E-state index < -0.39 is 0 Å². The molecule has 31 heavy (non-hydrogen) atoms. The Bertz CT molecular complexity index is 887. The minimum Gasteiger partial charge on any atom is -0.369 e. The quantitative estimate of drug-likeness (QED) is 0.627. The Balaban J connectivity index is 0.00000341. The van der Waals surface area contributed by atoms with E-state index in [0.717, 1.165) is 55.3 Å². The van der Waals surface area contributed by atoms with Gasteiger partial charge >= 0.3 is 0 Å². The van der Waals surface area contributed by atoms with Crippen LogP contribution in [0.4, 0.5) is 10.5 Å². The topological polar surface area (TPSA) is 39.7 Å². The summed E-state index contributed by atoms with van der Waals surface area (Å²) in [6.07, 6.45) is 4.75. The largest absolute Gasteiger partial charge is 0.369 e. The molecule has 1 aromatic carbocycles. The lowest BCUT2D eigenvalue weighted by molar-refractivity contribution is -0.132. The first kappa shape index (κ1) is 24.1. The zero-order chi connectivity index (χ0) is 21.5. The number of aromatic nitrogens is 1. The van der Waals surface area contributed by atoms with Crippen LogP contribution in [0.2, 0.25) is 0 Å². The second-order valence-electron chi connectivity index (χ2n) is 7.79. The highest BCUT2D eigenvalue weighted by molar-refractivity contribution is 5.79. The summed E-state index contributed by atoms with van der Waals surface area (Å²) >= 11 is 0. The third-order valence-electron chi connectivity index (χ3n) is 5.59. The van der Waals surface area contributed by atoms with E-state index in [0.29, 0.717) is 6.54 Å². The highest BCUT2D eigenvalue weighted by atomic mass is 19.0. The van der Waals surface area contributed by atoms with Crippen molar-refractivity contribution in [2.75, 3.05) is 44.7 Å². The number of carbonyl (C=O) groups excluding carboxylic acids is 1. The van der Waals surface area contributed by atoms with Crippen molar-refractivity contribution in [2.24, 2.45) is 0 Å². The Hall–Kier alpha value is -3.15. The molecule has 0 N–H and O–H groups in total. The number of anilines is 1. The van der Waals surface area contributed by atoms with Crippen molar-refractivity contribution in [3.8, 4) is 0 Å². The van der Waals surface area contributed by atoms with Gasteiger partial charge in [0.05, 0.1) is 6.54 Å². The van der Waals surface area contributed by atoms with Crippen LogP contribution in [0.3, 0.4) is 0 Å². The Morgan fingerprint density at radius 2 is 1.81 bits per heavy atom. The molecule has 0 aliphatic carbocycles. The van der Waals surface area contributed by atoms with E-state index in [9.17, 15) is 4.79 Å². The van der Waals surface area contributed by atoms with Crippen LogP contribution in [0.1, 0.15) is 24.5 Å². The molecule has 1 amide bonds. The lowest BCUT2D eigenvalue weighted by Crippen LogP contribution is -2.51. The zero-order valence-corrected chi connectivity index (χ0v) is 18.8. The minimum atomic E-state index is 0. The Labute approximate surface area is 185 Å². The van der Waals surface area contributed by atoms with Crippen LogP contribution >= 0.6 is 0 Å². The van der Waals surface area contributed by atoms with Gasteiger partial charge in [-0.1, -0.05) is 49.4 Å². The van der Waals surface area contributed by atoms with E-state index in [1.165, 1.54) is 5.56 Å². The molecule has 2 heterocycles. The highest BCUT2D eigenvalue weighted by Crippen LogP contribution is 2.19. The van der Waals surface area contributed by atoms with E-state index >= 15 is 0 Å². The molecule has 1 fully saturated rings. The molecule has 1 saturated heterocycles. The number of aryl methyl sites for hydroxylation is 1. The second kappa shape index (κ2) is 11.3. The number of piperazine rings is 1. The van der Waals surface area contributed by atoms with Crippen LogP contribution in [-0.2, 0) is 4.79 Å².